The maximum absolute atomic E-state index is 13.4. The number of hydrogen-bond donors (Lipinski definition) is 1. The average molecular weight is 334 g/mol. The second-order valence-corrected chi connectivity index (χ2v) is 7.87. The molecule has 120 valence electrons. The number of carboxylic acids is 1. The van der Waals surface area contributed by atoms with Crippen molar-refractivity contribution in [1.29, 1.82) is 0 Å². The summed E-state index contributed by atoms with van der Waals surface area (Å²) in [6.45, 7) is 1.84. The van der Waals surface area contributed by atoms with Gasteiger partial charge in [0.1, 0.15) is 5.82 Å². The number of carbonyl (C=O) groups is 1. The lowest BCUT2D eigenvalue weighted by atomic mass is 10.1. The minimum absolute atomic E-state index is 0.0956. The van der Waals surface area contributed by atoms with Gasteiger partial charge in [0, 0.05) is 5.92 Å². The molecule has 3 atom stereocenters. The van der Waals surface area contributed by atoms with Crippen LogP contribution in [-0.2, 0) is 14.6 Å². The monoisotopic (exact) mass is 334 g/mol. The molecule has 0 aliphatic heterocycles. The van der Waals surface area contributed by atoms with Crippen LogP contribution in [0.4, 0.5) is 4.39 Å². The molecule has 4 nitrogen and oxygen atoms in total. The molecule has 0 heterocycles. The summed E-state index contributed by atoms with van der Waals surface area (Å²) < 4.78 is 38.8. The molecule has 0 saturated heterocycles. The van der Waals surface area contributed by atoms with Crippen molar-refractivity contribution in [2.24, 2.45) is 5.92 Å². The van der Waals surface area contributed by atoms with Crippen molar-refractivity contribution in [1.82, 2.24) is 0 Å². The Labute approximate surface area is 133 Å². The Hall–Kier alpha value is -2.21. The van der Waals surface area contributed by atoms with Gasteiger partial charge >= 0.3 is 5.97 Å². The van der Waals surface area contributed by atoms with E-state index in [1.807, 2.05) is 6.92 Å². The summed E-state index contributed by atoms with van der Waals surface area (Å²) in [7, 11) is -3.79. The molecular weight excluding hydrogens is 319 g/mol. The molecular formula is C17H15FO4S. The highest BCUT2D eigenvalue weighted by Gasteiger charge is 2.63. The molecule has 23 heavy (non-hydrogen) atoms. The second-order valence-electron chi connectivity index (χ2n) is 5.77. The molecule has 2 aromatic rings. The van der Waals surface area contributed by atoms with Crippen LogP contribution in [0.3, 0.4) is 0 Å². The Morgan fingerprint density at radius 2 is 1.78 bits per heavy atom. The summed E-state index contributed by atoms with van der Waals surface area (Å²) in [5, 5.41) is 8.26. The van der Waals surface area contributed by atoms with Crippen molar-refractivity contribution in [3.8, 4) is 0 Å². The third-order valence-corrected chi connectivity index (χ3v) is 6.41. The van der Waals surface area contributed by atoms with E-state index in [2.05, 4.69) is 0 Å². The maximum atomic E-state index is 13.4. The normalized spacial score (nSPS) is 23.5. The van der Waals surface area contributed by atoms with E-state index in [1.54, 1.807) is 18.2 Å². The molecule has 2 aromatic carbocycles. The molecule has 0 unspecified atom stereocenters. The van der Waals surface area contributed by atoms with E-state index >= 15 is 0 Å². The van der Waals surface area contributed by atoms with E-state index in [-0.39, 0.29) is 4.90 Å². The van der Waals surface area contributed by atoms with Crippen molar-refractivity contribution in [2.45, 2.75) is 23.0 Å². The molecule has 0 spiro atoms. The summed E-state index contributed by atoms with van der Waals surface area (Å²) in [5.41, 5.74) is 1.31. The van der Waals surface area contributed by atoms with Gasteiger partial charge in [0.25, 0.3) is 0 Å². The van der Waals surface area contributed by atoms with E-state index in [1.165, 1.54) is 30.3 Å². The highest BCUT2D eigenvalue weighted by molar-refractivity contribution is 7.92. The Balaban J connectivity index is 2.00. The predicted octanol–water partition coefficient (Wildman–Crippen LogP) is 2.77. The van der Waals surface area contributed by atoms with Crippen molar-refractivity contribution in [3.63, 3.8) is 0 Å². The Morgan fingerprint density at radius 3 is 2.35 bits per heavy atom. The van der Waals surface area contributed by atoms with Crippen LogP contribution in [0.25, 0.3) is 0 Å². The van der Waals surface area contributed by atoms with Gasteiger partial charge in [-0.15, -0.1) is 0 Å². The van der Waals surface area contributed by atoms with Crippen LogP contribution in [0, 0.1) is 18.7 Å². The highest BCUT2D eigenvalue weighted by Crippen LogP contribution is 2.54. The zero-order valence-corrected chi connectivity index (χ0v) is 13.1. The maximum Gasteiger partial charge on any atom is 0.308 e. The summed E-state index contributed by atoms with van der Waals surface area (Å²) >= 11 is 0. The third-order valence-electron chi connectivity index (χ3n) is 4.18. The minimum Gasteiger partial charge on any atom is -0.481 e. The number of aryl methyl sites for hydroxylation is 1. The van der Waals surface area contributed by atoms with Crippen molar-refractivity contribution >= 4 is 15.8 Å². The molecule has 3 rings (SSSR count). The van der Waals surface area contributed by atoms with Crippen LogP contribution in [-0.4, -0.2) is 24.7 Å². The van der Waals surface area contributed by atoms with Crippen LogP contribution < -0.4 is 0 Å². The van der Waals surface area contributed by atoms with E-state index in [0.717, 1.165) is 5.56 Å². The lowest BCUT2D eigenvalue weighted by Crippen LogP contribution is -2.13. The molecule has 1 fully saturated rings. The van der Waals surface area contributed by atoms with Gasteiger partial charge in [-0.2, -0.15) is 0 Å². The Bertz CT molecular complexity index is 858. The summed E-state index contributed by atoms with van der Waals surface area (Å²) in [5.74, 6) is -3.47. The largest absolute Gasteiger partial charge is 0.481 e. The lowest BCUT2D eigenvalue weighted by molar-refractivity contribution is -0.138. The molecule has 0 amide bonds. The fourth-order valence-corrected chi connectivity index (χ4v) is 5.08. The lowest BCUT2D eigenvalue weighted by Gasteiger charge is -2.05. The van der Waals surface area contributed by atoms with Crippen LogP contribution in [0.15, 0.2) is 53.4 Å². The zero-order valence-electron chi connectivity index (χ0n) is 12.3. The molecule has 1 N–H and O–H groups in total. The number of aliphatic carboxylic acids is 1. The first kappa shape index (κ1) is 15.7. The SMILES string of the molecule is Cc1ccc(S(=O)(=O)[C@@H]2[C@@H](C(=O)O)[C@H]2c2cccc(F)c2)cc1. The minimum atomic E-state index is -3.79. The van der Waals surface area contributed by atoms with Gasteiger partial charge in [-0.25, -0.2) is 12.8 Å². The number of carboxylic acid groups (broad SMARTS) is 1. The van der Waals surface area contributed by atoms with Gasteiger partial charge in [-0.1, -0.05) is 29.8 Å². The standard InChI is InChI=1S/C17H15FO4S/c1-10-5-7-13(8-6-10)23(21,22)16-14(15(16)17(19)20)11-3-2-4-12(18)9-11/h2-9,14-16H,1H3,(H,19,20)/t14-,15+,16+/m1/s1. The van der Waals surface area contributed by atoms with E-state index in [9.17, 15) is 22.7 Å². The van der Waals surface area contributed by atoms with Crippen LogP contribution in [0.5, 0.6) is 0 Å². The third kappa shape index (κ3) is 2.74. The smallest absolute Gasteiger partial charge is 0.308 e. The van der Waals surface area contributed by atoms with Gasteiger partial charge in [0.2, 0.25) is 0 Å². The van der Waals surface area contributed by atoms with Gasteiger partial charge in [0.05, 0.1) is 16.1 Å². The number of halogens is 1. The molecule has 0 bridgehead atoms. The average Bonchev–Trinajstić information content (AvgIpc) is 3.24. The molecule has 0 aromatic heterocycles. The van der Waals surface area contributed by atoms with Crippen LogP contribution in [0.1, 0.15) is 17.0 Å². The van der Waals surface area contributed by atoms with Crippen molar-refractivity contribution < 1.29 is 22.7 Å². The number of sulfone groups is 1. The summed E-state index contributed by atoms with van der Waals surface area (Å²) in [4.78, 5) is 11.5. The van der Waals surface area contributed by atoms with E-state index in [4.69, 9.17) is 0 Å². The molecule has 6 heteroatoms. The first-order valence-electron chi connectivity index (χ1n) is 7.11. The zero-order chi connectivity index (χ0) is 16.8. The predicted molar refractivity (Wildman–Crippen MR) is 82.4 cm³/mol. The van der Waals surface area contributed by atoms with Gasteiger partial charge in [0.15, 0.2) is 9.84 Å². The summed E-state index contributed by atoms with van der Waals surface area (Å²) in [6.07, 6.45) is 0. The second kappa shape index (κ2) is 5.45. The quantitative estimate of drug-likeness (QED) is 0.933. The van der Waals surface area contributed by atoms with Gasteiger partial charge in [-0.05, 0) is 36.8 Å². The van der Waals surface area contributed by atoms with Crippen molar-refractivity contribution in [3.05, 3.63) is 65.5 Å². The fourth-order valence-electron chi connectivity index (χ4n) is 2.96. The van der Waals surface area contributed by atoms with E-state index < -0.39 is 38.7 Å². The number of hydrogen-bond acceptors (Lipinski definition) is 3. The first-order valence-corrected chi connectivity index (χ1v) is 8.66. The fraction of sp³-hybridized carbons (Fsp3) is 0.235. The number of rotatable bonds is 4. The van der Waals surface area contributed by atoms with Crippen LogP contribution >= 0.6 is 0 Å². The van der Waals surface area contributed by atoms with Gasteiger partial charge < -0.3 is 5.11 Å². The first-order chi connectivity index (χ1) is 10.8. The Morgan fingerprint density at radius 1 is 1.13 bits per heavy atom. The van der Waals surface area contributed by atoms with Crippen LogP contribution in [0.2, 0.25) is 0 Å². The van der Waals surface area contributed by atoms with Gasteiger partial charge in [-0.3, -0.25) is 4.79 Å². The molecule has 0 radical (unpaired) electrons. The number of benzene rings is 2. The molecule has 1 aliphatic rings. The summed E-state index contributed by atoms with van der Waals surface area (Å²) in [6, 6.07) is 11.8. The highest BCUT2D eigenvalue weighted by atomic mass is 32.2. The topological polar surface area (TPSA) is 71.4 Å². The molecule has 1 aliphatic carbocycles. The Kier molecular flexibility index (Phi) is 3.72. The van der Waals surface area contributed by atoms with E-state index in [0.29, 0.717) is 5.56 Å². The molecule has 1 saturated carbocycles. The van der Waals surface area contributed by atoms with Crippen molar-refractivity contribution in [2.75, 3.05) is 0 Å².